The van der Waals surface area contributed by atoms with Gasteiger partial charge in [-0.05, 0) is 5.75 Å². The van der Waals surface area contributed by atoms with Crippen LogP contribution in [0.25, 0.3) is 0 Å². The Balaban J connectivity index is 2.53. The maximum absolute atomic E-state index is 11.0. The van der Waals surface area contributed by atoms with Gasteiger partial charge in [0.25, 0.3) is 0 Å². The first-order valence-electron chi connectivity index (χ1n) is 4.14. The number of hydrogen-bond acceptors (Lipinski definition) is 4. The summed E-state index contributed by atoms with van der Waals surface area (Å²) in [6.45, 7) is 3.92. The summed E-state index contributed by atoms with van der Waals surface area (Å²) < 4.78 is 1.15. The summed E-state index contributed by atoms with van der Waals surface area (Å²) in [5.74, 6) is 1.05. The minimum Gasteiger partial charge on any atom is -0.302 e. The molecule has 1 rings (SSSR count). The molecule has 1 heterocycles. The number of hydrogen-bond donors (Lipinski definition) is 1. The smallest absolute Gasteiger partial charge is 0.225 e. The van der Waals surface area contributed by atoms with E-state index in [1.165, 1.54) is 11.3 Å². The van der Waals surface area contributed by atoms with Crippen molar-refractivity contribution in [1.82, 2.24) is 4.98 Å². The number of rotatable bonds is 4. The molecule has 3 nitrogen and oxygen atoms in total. The highest BCUT2D eigenvalue weighted by Gasteiger charge is 2.03. The fourth-order valence-electron chi connectivity index (χ4n) is 0.734. The standard InChI is InChI=1S/C8H12N2OS2/c1-3-6(11)10-8-9-5-7(13-8)12-4-2/h5H,3-4H2,1-2H3,(H,9,10,11). The number of nitrogens with one attached hydrogen (secondary N) is 1. The second-order valence-electron chi connectivity index (χ2n) is 2.32. The highest BCUT2D eigenvalue weighted by molar-refractivity contribution is 8.01. The Labute approximate surface area is 86.0 Å². The number of anilines is 1. The third-order valence-electron chi connectivity index (χ3n) is 1.34. The summed E-state index contributed by atoms with van der Waals surface area (Å²) >= 11 is 3.26. The summed E-state index contributed by atoms with van der Waals surface area (Å²) in [4.78, 5) is 15.1. The second kappa shape index (κ2) is 5.24. The number of nitrogens with zero attached hydrogens (tertiary/aromatic N) is 1. The summed E-state index contributed by atoms with van der Waals surface area (Å²) in [5, 5.41) is 3.42. The van der Waals surface area contributed by atoms with Crippen LogP contribution in [0, 0.1) is 0 Å². The largest absolute Gasteiger partial charge is 0.302 e. The van der Waals surface area contributed by atoms with Crippen LogP contribution in [0.3, 0.4) is 0 Å². The number of aromatic nitrogens is 1. The molecule has 72 valence electrons. The number of thioether (sulfide) groups is 1. The van der Waals surface area contributed by atoms with Crippen LogP contribution in [0.5, 0.6) is 0 Å². The van der Waals surface area contributed by atoms with Crippen molar-refractivity contribution in [2.75, 3.05) is 11.1 Å². The van der Waals surface area contributed by atoms with Gasteiger partial charge < -0.3 is 5.32 Å². The summed E-state index contributed by atoms with van der Waals surface area (Å²) in [6, 6.07) is 0. The van der Waals surface area contributed by atoms with Gasteiger partial charge in [0.2, 0.25) is 5.91 Å². The predicted octanol–water partition coefficient (Wildman–Crippen LogP) is 2.60. The van der Waals surface area contributed by atoms with Crippen molar-refractivity contribution >= 4 is 34.1 Å². The SMILES string of the molecule is CCSc1cnc(NC(=O)CC)s1. The first kappa shape index (κ1) is 10.5. The molecule has 0 atom stereocenters. The summed E-state index contributed by atoms with van der Waals surface area (Å²) in [7, 11) is 0. The van der Waals surface area contributed by atoms with Crippen LogP contribution in [-0.2, 0) is 4.79 Å². The number of carbonyl (C=O) groups excluding carboxylic acids is 1. The van der Waals surface area contributed by atoms with Crippen molar-refractivity contribution in [1.29, 1.82) is 0 Å². The Morgan fingerprint density at radius 3 is 3.08 bits per heavy atom. The van der Waals surface area contributed by atoms with Gasteiger partial charge in [-0.1, -0.05) is 25.2 Å². The molecular weight excluding hydrogens is 204 g/mol. The Morgan fingerprint density at radius 1 is 1.69 bits per heavy atom. The van der Waals surface area contributed by atoms with Crippen molar-refractivity contribution in [3.8, 4) is 0 Å². The molecule has 13 heavy (non-hydrogen) atoms. The highest BCUT2D eigenvalue weighted by Crippen LogP contribution is 2.27. The first-order chi connectivity index (χ1) is 6.26. The molecule has 0 bridgehead atoms. The molecule has 1 aromatic rings. The van der Waals surface area contributed by atoms with Crippen molar-refractivity contribution < 1.29 is 4.79 Å². The van der Waals surface area contributed by atoms with Gasteiger partial charge in [0.05, 0.1) is 10.4 Å². The normalized spacial score (nSPS) is 10.0. The molecule has 0 spiro atoms. The monoisotopic (exact) mass is 216 g/mol. The van der Waals surface area contributed by atoms with Crippen LogP contribution < -0.4 is 5.32 Å². The van der Waals surface area contributed by atoms with Gasteiger partial charge in [-0.2, -0.15) is 0 Å². The van der Waals surface area contributed by atoms with Crippen LogP contribution in [0.4, 0.5) is 5.13 Å². The van der Waals surface area contributed by atoms with Crippen LogP contribution in [0.2, 0.25) is 0 Å². The average molecular weight is 216 g/mol. The molecule has 0 saturated heterocycles. The van der Waals surface area contributed by atoms with E-state index in [1.807, 2.05) is 6.92 Å². The van der Waals surface area contributed by atoms with Crippen molar-refractivity contribution in [2.24, 2.45) is 0 Å². The molecule has 0 aliphatic carbocycles. The third-order valence-corrected chi connectivity index (χ3v) is 3.33. The molecule has 0 fully saturated rings. The van der Waals surface area contributed by atoms with Crippen molar-refractivity contribution in [2.45, 2.75) is 24.5 Å². The Hall–Kier alpha value is -0.550. The molecule has 1 N–H and O–H groups in total. The molecule has 0 aliphatic heterocycles. The van der Waals surface area contributed by atoms with E-state index in [4.69, 9.17) is 0 Å². The number of thiazole rings is 1. The van der Waals surface area contributed by atoms with Crippen LogP contribution in [-0.4, -0.2) is 16.6 Å². The maximum Gasteiger partial charge on any atom is 0.225 e. The zero-order valence-electron chi connectivity index (χ0n) is 7.66. The van der Waals surface area contributed by atoms with Gasteiger partial charge in [-0.15, -0.1) is 11.8 Å². The minimum absolute atomic E-state index is 0.0161. The molecule has 1 aromatic heterocycles. The van der Waals surface area contributed by atoms with Gasteiger partial charge in [0, 0.05) is 6.42 Å². The second-order valence-corrected chi connectivity index (χ2v) is 4.91. The van der Waals surface area contributed by atoms with E-state index in [0.717, 1.165) is 9.96 Å². The maximum atomic E-state index is 11.0. The van der Waals surface area contributed by atoms with E-state index in [-0.39, 0.29) is 5.91 Å². The topological polar surface area (TPSA) is 42.0 Å². The molecule has 0 aromatic carbocycles. The molecule has 0 saturated carbocycles. The Morgan fingerprint density at radius 2 is 2.46 bits per heavy atom. The summed E-state index contributed by atoms with van der Waals surface area (Å²) in [6.07, 6.45) is 2.29. The lowest BCUT2D eigenvalue weighted by molar-refractivity contribution is -0.115. The van der Waals surface area contributed by atoms with Gasteiger partial charge in [0.1, 0.15) is 0 Å². The molecule has 5 heteroatoms. The lowest BCUT2D eigenvalue weighted by atomic mass is 10.5. The van der Waals surface area contributed by atoms with Crippen molar-refractivity contribution in [3.63, 3.8) is 0 Å². The highest BCUT2D eigenvalue weighted by atomic mass is 32.2. The van der Waals surface area contributed by atoms with Gasteiger partial charge in [-0.3, -0.25) is 4.79 Å². The predicted molar refractivity (Wildman–Crippen MR) is 57.4 cm³/mol. The number of amides is 1. The van der Waals surface area contributed by atoms with E-state index in [9.17, 15) is 4.79 Å². The fourth-order valence-corrected chi connectivity index (χ4v) is 2.54. The number of carbonyl (C=O) groups is 1. The van der Waals surface area contributed by atoms with E-state index < -0.39 is 0 Å². The molecular formula is C8H12N2OS2. The van der Waals surface area contributed by atoms with E-state index in [0.29, 0.717) is 11.6 Å². The third kappa shape index (κ3) is 3.36. The lowest BCUT2D eigenvalue weighted by Gasteiger charge is -1.95. The van der Waals surface area contributed by atoms with E-state index >= 15 is 0 Å². The zero-order chi connectivity index (χ0) is 9.68. The van der Waals surface area contributed by atoms with E-state index in [1.54, 1.807) is 18.0 Å². The fraction of sp³-hybridized carbons (Fsp3) is 0.500. The van der Waals surface area contributed by atoms with Crippen LogP contribution >= 0.6 is 23.1 Å². The first-order valence-corrected chi connectivity index (χ1v) is 5.95. The zero-order valence-corrected chi connectivity index (χ0v) is 9.30. The molecule has 0 radical (unpaired) electrons. The van der Waals surface area contributed by atoms with Gasteiger partial charge >= 0.3 is 0 Å². The van der Waals surface area contributed by atoms with Crippen LogP contribution in [0.15, 0.2) is 10.4 Å². The average Bonchev–Trinajstić information content (AvgIpc) is 2.53. The molecule has 0 aliphatic rings. The molecule has 1 amide bonds. The lowest BCUT2D eigenvalue weighted by Crippen LogP contribution is -2.08. The van der Waals surface area contributed by atoms with E-state index in [2.05, 4.69) is 17.2 Å². The quantitative estimate of drug-likeness (QED) is 0.787. The van der Waals surface area contributed by atoms with Crippen molar-refractivity contribution in [3.05, 3.63) is 6.20 Å². The van der Waals surface area contributed by atoms with Gasteiger partial charge in [0.15, 0.2) is 5.13 Å². The molecule has 0 unspecified atom stereocenters. The summed E-state index contributed by atoms with van der Waals surface area (Å²) in [5.41, 5.74) is 0. The minimum atomic E-state index is 0.0161. The van der Waals surface area contributed by atoms with Gasteiger partial charge in [-0.25, -0.2) is 4.98 Å². The Kier molecular flexibility index (Phi) is 4.24. The Bertz CT molecular complexity index is 285. The van der Waals surface area contributed by atoms with Crippen LogP contribution in [0.1, 0.15) is 20.3 Å².